The summed E-state index contributed by atoms with van der Waals surface area (Å²) < 4.78 is 0. The fourth-order valence-corrected chi connectivity index (χ4v) is 4.51. The first kappa shape index (κ1) is 14.8. The highest BCUT2D eigenvalue weighted by molar-refractivity contribution is 5.85. The van der Waals surface area contributed by atoms with Crippen LogP contribution in [0.1, 0.15) is 57.8 Å². The maximum absolute atomic E-state index is 12.4. The summed E-state index contributed by atoms with van der Waals surface area (Å²) in [6.45, 7) is 2.22. The second kappa shape index (κ2) is 5.95. The molecule has 0 bridgehead atoms. The number of nitrogens with one attached hydrogen (secondary N) is 1. The van der Waals surface area contributed by atoms with Gasteiger partial charge in [0.05, 0.1) is 5.41 Å². The van der Waals surface area contributed by atoms with Gasteiger partial charge in [0, 0.05) is 25.0 Å². The molecular formula is C16H26N2O3. The predicted octanol–water partition coefficient (Wildman–Crippen LogP) is 1.76. The first-order valence-corrected chi connectivity index (χ1v) is 8.38. The number of carbonyl (C=O) groups is 2. The third kappa shape index (κ3) is 2.93. The van der Waals surface area contributed by atoms with Gasteiger partial charge in [0.25, 0.3) is 0 Å². The van der Waals surface area contributed by atoms with Crippen LogP contribution in [0, 0.1) is 5.41 Å². The van der Waals surface area contributed by atoms with Gasteiger partial charge >= 0.3 is 5.97 Å². The molecule has 3 aliphatic rings. The zero-order valence-corrected chi connectivity index (χ0v) is 12.6. The lowest BCUT2D eigenvalue weighted by atomic mass is 9.71. The standard InChI is InChI=1S/C16H26N2O3/c19-14(11-16(15(20)21)7-2-1-3-8-16)17-12-6-10-18-9-4-5-13(12)18/h12-13H,1-11H2,(H,17,19)(H,20,21). The maximum atomic E-state index is 12.4. The number of aliphatic carboxylic acids is 1. The first-order chi connectivity index (χ1) is 10.1. The number of hydrogen-bond acceptors (Lipinski definition) is 3. The highest BCUT2D eigenvalue weighted by Gasteiger charge is 2.43. The van der Waals surface area contributed by atoms with Crippen LogP contribution in [0.25, 0.3) is 0 Å². The number of nitrogens with zero attached hydrogens (tertiary/aromatic N) is 1. The highest BCUT2D eigenvalue weighted by Crippen LogP contribution is 2.39. The molecule has 2 heterocycles. The third-order valence-corrected chi connectivity index (χ3v) is 5.72. The topological polar surface area (TPSA) is 69.6 Å². The van der Waals surface area contributed by atoms with Crippen molar-refractivity contribution in [3.8, 4) is 0 Å². The van der Waals surface area contributed by atoms with E-state index in [-0.39, 0.29) is 18.4 Å². The van der Waals surface area contributed by atoms with Crippen LogP contribution in [0.4, 0.5) is 0 Å². The van der Waals surface area contributed by atoms with Gasteiger partial charge in [-0.05, 0) is 38.6 Å². The van der Waals surface area contributed by atoms with Crippen molar-refractivity contribution in [1.82, 2.24) is 10.2 Å². The Balaban J connectivity index is 1.59. The van der Waals surface area contributed by atoms with Gasteiger partial charge in [0.1, 0.15) is 0 Å². The molecule has 0 aromatic rings. The number of carbonyl (C=O) groups excluding carboxylic acids is 1. The Hall–Kier alpha value is -1.10. The van der Waals surface area contributed by atoms with Crippen molar-refractivity contribution in [2.75, 3.05) is 13.1 Å². The predicted molar refractivity (Wildman–Crippen MR) is 78.9 cm³/mol. The number of amides is 1. The Kier molecular flexibility index (Phi) is 4.20. The lowest BCUT2D eigenvalue weighted by molar-refractivity contribution is -0.154. The molecule has 1 saturated carbocycles. The van der Waals surface area contributed by atoms with Crippen molar-refractivity contribution in [2.24, 2.45) is 5.41 Å². The number of fused-ring (bicyclic) bond motifs is 1. The summed E-state index contributed by atoms with van der Waals surface area (Å²) in [5.74, 6) is -0.843. The molecule has 5 nitrogen and oxygen atoms in total. The molecule has 0 aromatic heterocycles. The average molecular weight is 294 g/mol. The van der Waals surface area contributed by atoms with Crippen LogP contribution in [0.15, 0.2) is 0 Å². The fourth-order valence-electron chi connectivity index (χ4n) is 4.51. The summed E-state index contributed by atoms with van der Waals surface area (Å²) in [5.41, 5.74) is -0.809. The highest BCUT2D eigenvalue weighted by atomic mass is 16.4. The minimum Gasteiger partial charge on any atom is -0.481 e. The van der Waals surface area contributed by atoms with Gasteiger partial charge in [-0.2, -0.15) is 0 Å². The quantitative estimate of drug-likeness (QED) is 0.829. The molecule has 2 N–H and O–H groups in total. The number of carboxylic acid groups (broad SMARTS) is 1. The first-order valence-electron chi connectivity index (χ1n) is 8.38. The van der Waals surface area contributed by atoms with Gasteiger partial charge in [-0.1, -0.05) is 19.3 Å². The largest absolute Gasteiger partial charge is 0.481 e. The van der Waals surface area contributed by atoms with Gasteiger partial charge in [0.2, 0.25) is 5.91 Å². The van der Waals surface area contributed by atoms with Crippen molar-refractivity contribution in [3.05, 3.63) is 0 Å². The van der Waals surface area contributed by atoms with Gasteiger partial charge in [-0.3, -0.25) is 14.5 Å². The van der Waals surface area contributed by atoms with E-state index in [9.17, 15) is 14.7 Å². The lowest BCUT2D eigenvalue weighted by Gasteiger charge is -2.33. The van der Waals surface area contributed by atoms with Crippen molar-refractivity contribution in [1.29, 1.82) is 0 Å². The number of carboxylic acids is 1. The molecule has 21 heavy (non-hydrogen) atoms. The van der Waals surface area contributed by atoms with Crippen LogP contribution in [0.2, 0.25) is 0 Å². The monoisotopic (exact) mass is 294 g/mol. The van der Waals surface area contributed by atoms with E-state index in [4.69, 9.17) is 0 Å². The molecule has 0 spiro atoms. The van der Waals surface area contributed by atoms with E-state index < -0.39 is 11.4 Å². The molecule has 0 aromatic carbocycles. The van der Waals surface area contributed by atoms with Crippen LogP contribution in [0.3, 0.4) is 0 Å². The molecule has 1 aliphatic carbocycles. The van der Waals surface area contributed by atoms with Crippen molar-refractivity contribution >= 4 is 11.9 Å². The SMILES string of the molecule is O=C(CC1(C(=O)O)CCCCC1)NC1CCN2CCCC12. The molecule has 2 atom stereocenters. The maximum Gasteiger partial charge on any atom is 0.310 e. The lowest BCUT2D eigenvalue weighted by Crippen LogP contribution is -2.45. The summed E-state index contributed by atoms with van der Waals surface area (Å²) in [6, 6.07) is 0.718. The second-order valence-electron chi connectivity index (χ2n) is 7.03. The minimum atomic E-state index is -0.809. The zero-order chi connectivity index (χ0) is 14.9. The van der Waals surface area contributed by atoms with E-state index in [2.05, 4.69) is 10.2 Å². The summed E-state index contributed by atoms with van der Waals surface area (Å²) in [7, 11) is 0. The second-order valence-corrected chi connectivity index (χ2v) is 7.03. The Bertz CT molecular complexity index is 418. The van der Waals surface area contributed by atoms with Crippen LogP contribution in [-0.4, -0.2) is 47.1 Å². The van der Waals surface area contributed by atoms with Gasteiger partial charge < -0.3 is 10.4 Å². The Morgan fingerprint density at radius 1 is 1.10 bits per heavy atom. The van der Waals surface area contributed by atoms with E-state index in [0.29, 0.717) is 18.9 Å². The average Bonchev–Trinajstić information content (AvgIpc) is 3.05. The number of hydrogen-bond donors (Lipinski definition) is 2. The summed E-state index contributed by atoms with van der Waals surface area (Å²) in [4.78, 5) is 26.5. The molecule has 2 aliphatic heterocycles. The van der Waals surface area contributed by atoms with Crippen molar-refractivity contribution in [3.63, 3.8) is 0 Å². The Morgan fingerprint density at radius 3 is 2.57 bits per heavy atom. The Morgan fingerprint density at radius 2 is 1.86 bits per heavy atom. The van der Waals surface area contributed by atoms with Crippen LogP contribution in [0.5, 0.6) is 0 Å². The number of rotatable bonds is 4. The third-order valence-electron chi connectivity index (χ3n) is 5.72. The van der Waals surface area contributed by atoms with E-state index in [1.54, 1.807) is 0 Å². The van der Waals surface area contributed by atoms with Crippen LogP contribution >= 0.6 is 0 Å². The van der Waals surface area contributed by atoms with E-state index in [1.807, 2.05) is 0 Å². The molecule has 5 heteroatoms. The molecule has 2 unspecified atom stereocenters. The molecule has 118 valence electrons. The minimum absolute atomic E-state index is 0.0574. The summed E-state index contributed by atoms with van der Waals surface area (Å²) in [5, 5.41) is 12.7. The van der Waals surface area contributed by atoms with E-state index in [1.165, 1.54) is 6.42 Å². The van der Waals surface area contributed by atoms with E-state index >= 15 is 0 Å². The zero-order valence-electron chi connectivity index (χ0n) is 12.6. The Labute approximate surface area is 126 Å². The molecule has 1 amide bonds. The normalized spacial score (nSPS) is 31.8. The van der Waals surface area contributed by atoms with Gasteiger partial charge in [0.15, 0.2) is 0 Å². The fraction of sp³-hybridized carbons (Fsp3) is 0.875. The molecule has 0 radical (unpaired) electrons. The van der Waals surface area contributed by atoms with Crippen molar-refractivity contribution < 1.29 is 14.7 Å². The smallest absolute Gasteiger partial charge is 0.310 e. The molecule has 2 saturated heterocycles. The van der Waals surface area contributed by atoms with Gasteiger partial charge in [-0.15, -0.1) is 0 Å². The molecule has 3 fully saturated rings. The van der Waals surface area contributed by atoms with Gasteiger partial charge in [-0.25, -0.2) is 0 Å². The van der Waals surface area contributed by atoms with Crippen LogP contribution in [-0.2, 0) is 9.59 Å². The molecular weight excluding hydrogens is 268 g/mol. The van der Waals surface area contributed by atoms with E-state index in [0.717, 1.165) is 45.2 Å². The van der Waals surface area contributed by atoms with Crippen LogP contribution < -0.4 is 5.32 Å². The molecule has 3 rings (SSSR count). The summed E-state index contributed by atoms with van der Waals surface area (Å²) >= 11 is 0. The summed E-state index contributed by atoms with van der Waals surface area (Å²) in [6.07, 6.45) is 7.80. The van der Waals surface area contributed by atoms with Crippen molar-refractivity contribution in [2.45, 2.75) is 69.9 Å².